The fourth-order valence-corrected chi connectivity index (χ4v) is 1.51. The zero-order chi connectivity index (χ0) is 12.1. The van der Waals surface area contributed by atoms with Gasteiger partial charge in [-0.3, -0.25) is 4.98 Å². The van der Waals surface area contributed by atoms with Gasteiger partial charge >= 0.3 is 0 Å². The Kier molecular flexibility index (Phi) is 3.55. The van der Waals surface area contributed by atoms with Crippen molar-refractivity contribution in [3.8, 4) is 5.88 Å². The normalized spacial score (nSPS) is 10.0. The van der Waals surface area contributed by atoms with Crippen molar-refractivity contribution in [3.05, 3.63) is 47.9 Å². The van der Waals surface area contributed by atoms with Gasteiger partial charge in [-0.15, -0.1) is 0 Å². The molecule has 2 aromatic rings. The first kappa shape index (κ1) is 11.4. The first-order valence-corrected chi connectivity index (χ1v) is 5.43. The van der Waals surface area contributed by atoms with Gasteiger partial charge in [0.1, 0.15) is 0 Å². The third kappa shape index (κ3) is 2.93. The second kappa shape index (κ2) is 5.30. The number of pyridine rings is 2. The molecule has 0 unspecified atom stereocenters. The number of aryl methyl sites for hydroxylation is 1. The van der Waals surface area contributed by atoms with Gasteiger partial charge < -0.3 is 10.1 Å². The van der Waals surface area contributed by atoms with Gasteiger partial charge in [-0.25, -0.2) is 4.98 Å². The van der Waals surface area contributed by atoms with Gasteiger partial charge in [-0.2, -0.15) is 0 Å². The van der Waals surface area contributed by atoms with Crippen LogP contribution in [0.3, 0.4) is 0 Å². The first-order chi connectivity index (χ1) is 8.29. The van der Waals surface area contributed by atoms with E-state index in [1.54, 1.807) is 19.5 Å². The second-order valence-electron chi connectivity index (χ2n) is 3.74. The van der Waals surface area contributed by atoms with Gasteiger partial charge in [-0.05, 0) is 30.2 Å². The minimum Gasteiger partial charge on any atom is -0.481 e. The maximum Gasteiger partial charge on any atom is 0.214 e. The molecule has 0 atom stereocenters. The average Bonchev–Trinajstić information content (AvgIpc) is 2.38. The number of methoxy groups -OCH3 is 1. The van der Waals surface area contributed by atoms with Crippen LogP contribution in [0.4, 0.5) is 5.69 Å². The lowest BCUT2D eigenvalue weighted by atomic mass is 10.1. The minimum absolute atomic E-state index is 0.609. The zero-order valence-corrected chi connectivity index (χ0v) is 9.97. The van der Waals surface area contributed by atoms with Gasteiger partial charge in [-0.1, -0.05) is 0 Å². The molecule has 0 spiro atoms. The molecule has 0 aliphatic rings. The van der Waals surface area contributed by atoms with Crippen LogP contribution >= 0.6 is 0 Å². The highest BCUT2D eigenvalue weighted by Gasteiger charge is 1.99. The van der Waals surface area contributed by atoms with E-state index in [0.29, 0.717) is 5.88 Å². The largest absolute Gasteiger partial charge is 0.481 e. The Morgan fingerprint density at radius 3 is 2.94 bits per heavy atom. The minimum atomic E-state index is 0.609. The Labute approximate surface area is 101 Å². The van der Waals surface area contributed by atoms with Crippen molar-refractivity contribution in [1.29, 1.82) is 0 Å². The van der Waals surface area contributed by atoms with Crippen LogP contribution < -0.4 is 10.1 Å². The molecule has 2 heterocycles. The van der Waals surface area contributed by atoms with Gasteiger partial charge in [0.15, 0.2) is 0 Å². The van der Waals surface area contributed by atoms with E-state index in [2.05, 4.69) is 22.2 Å². The molecule has 0 aliphatic carbocycles. The lowest BCUT2D eigenvalue weighted by Crippen LogP contribution is -2.02. The molecule has 2 aromatic heterocycles. The lowest BCUT2D eigenvalue weighted by Gasteiger charge is -2.09. The van der Waals surface area contributed by atoms with E-state index in [-0.39, 0.29) is 0 Å². The Morgan fingerprint density at radius 1 is 1.29 bits per heavy atom. The summed E-state index contributed by atoms with van der Waals surface area (Å²) in [5, 5.41) is 3.32. The number of anilines is 1. The van der Waals surface area contributed by atoms with Crippen LogP contribution in [0.5, 0.6) is 5.88 Å². The van der Waals surface area contributed by atoms with Gasteiger partial charge in [0.2, 0.25) is 5.88 Å². The number of hydrogen-bond acceptors (Lipinski definition) is 4. The maximum absolute atomic E-state index is 5.07. The van der Waals surface area contributed by atoms with Crippen molar-refractivity contribution in [2.45, 2.75) is 13.5 Å². The molecule has 4 nitrogen and oxygen atoms in total. The predicted octanol–water partition coefficient (Wildman–Crippen LogP) is 2.41. The molecular weight excluding hydrogens is 214 g/mol. The Morgan fingerprint density at radius 2 is 2.18 bits per heavy atom. The number of aromatic nitrogens is 2. The van der Waals surface area contributed by atoms with Gasteiger partial charge in [0, 0.05) is 36.9 Å². The highest BCUT2D eigenvalue weighted by molar-refractivity contribution is 5.45. The van der Waals surface area contributed by atoms with E-state index in [4.69, 9.17) is 4.74 Å². The molecule has 2 rings (SSSR count). The average molecular weight is 229 g/mol. The van der Waals surface area contributed by atoms with Crippen LogP contribution in [-0.4, -0.2) is 17.1 Å². The van der Waals surface area contributed by atoms with E-state index in [1.165, 1.54) is 11.1 Å². The summed E-state index contributed by atoms with van der Waals surface area (Å²) in [4.78, 5) is 8.17. The fraction of sp³-hybridized carbons (Fsp3) is 0.231. The second-order valence-corrected chi connectivity index (χ2v) is 3.74. The molecule has 1 N–H and O–H groups in total. The van der Waals surface area contributed by atoms with E-state index in [9.17, 15) is 0 Å². The highest BCUT2D eigenvalue weighted by Crippen LogP contribution is 2.15. The molecule has 17 heavy (non-hydrogen) atoms. The Hall–Kier alpha value is -2.10. The maximum atomic E-state index is 5.07. The van der Waals surface area contributed by atoms with Crippen molar-refractivity contribution in [2.24, 2.45) is 0 Å². The summed E-state index contributed by atoms with van der Waals surface area (Å²) in [7, 11) is 1.61. The summed E-state index contributed by atoms with van der Waals surface area (Å²) in [5.41, 5.74) is 3.40. The van der Waals surface area contributed by atoms with Crippen LogP contribution in [0.25, 0.3) is 0 Å². The molecular formula is C13H15N3O. The SMILES string of the molecule is COc1cc(NCc2cnccc2C)ccn1. The summed E-state index contributed by atoms with van der Waals surface area (Å²) in [5.74, 6) is 0.609. The van der Waals surface area contributed by atoms with E-state index in [1.807, 2.05) is 24.4 Å². The fourth-order valence-electron chi connectivity index (χ4n) is 1.51. The van der Waals surface area contributed by atoms with Crippen LogP contribution in [-0.2, 0) is 6.54 Å². The standard InChI is InChI=1S/C13H15N3O/c1-10-3-5-14-8-11(10)9-16-12-4-6-15-13(7-12)17-2/h3-8H,9H2,1-2H3,(H,15,16). The van der Waals surface area contributed by atoms with Crippen LogP contribution in [0.15, 0.2) is 36.8 Å². The van der Waals surface area contributed by atoms with E-state index < -0.39 is 0 Å². The van der Waals surface area contributed by atoms with E-state index in [0.717, 1.165) is 12.2 Å². The number of rotatable bonds is 4. The van der Waals surface area contributed by atoms with E-state index >= 15 is 0 Å². The number of hydrogen-bond donors (Lipinski definition) is 1. The van der Waals surface area contributed by atoms with Gasteiger partial charge in [0.25, 0.3) is 0 Å². The third-order valence-corrected chi connectivity index (χ3v) is 2.57. The predicted molar refractivity (Wildman–Crippen MR) is 67.1 cm³/mol. The molecule has 88 valence electrons. The molecule has 0 saturated carbocycles. The topological polar surface area (TPSA) is 47.0 Å². The Balaban J connectivity index is 2.05. The molecule has 0 saturated heterocycles. The summed E-state index contributed by atoms with van der Waals surface area (Å²) < 4.78 is 5.07. The molecule has 0 fully saturated rings. The van der Waals surface area contributed by atoms with Crippen LogP contribution in [0.1, 0.15) is 11.1 Å². The van der Waals surface area contributed by atoms with Crippen molar-refractivity contribution in [2.75, 3.05) is 12.4 Å². The quantitative estimate of drug-likeness (QED) is 0.874. The van der Waals surface area contributed by atoms with Crippen molar-refractivity contribution < 1.29 is 4.74 Å². The van der Waals surface area contributed by atoms with Crippen LogP contribution in [0, 0.1) is 6.92 Å². The number of ether oxygens (including phenoxy) is 1. The Bertz CT molecular complexity index is 500. The number of nitrogens with one attached hydrogen (secondary N) is 1. The lowest BCUT2D eigenvalue weighted by molar-refractivity contribution is 0.398. The molecule has 0 amide bonds. The molecule has 0 aromatic carbocycles. The third-order valence-electron chi connectivity index (χ3n) is 2.57. The summed E-state index contributed by atoms with van der Waals surface area (Å²) in [6.45, 7) is 2.82. The first-order valence-electron chi connectivity index (χ1n) is 5.43. The summed E-state index contributed by atoms with van der Waals surface area (Å²) in [6, 6.07) is 5.78. The van der Waals surface area contributed by atoms with Crippen molar-refractivity contribution in [3.63, 3.8) is 0 Å². The summed E-state index contributed by atoms with van der Waals surface area (Å²) in [6.07, 6.45) is 5.40. The molecule has 0 aliphatic heterocycles. The summed E-state index contributed by atoms with van der Waals surface area (Å²) >= 11 is 0. The van der Waals surface area contributed by atoms with Gasteiger partial charge in [0.05, 0.1) is 7.11 Å². The monoisotopic (exact) mass is 229 g/mol. The molecule has 0 bridgehead atoms. The zero-order valence-electron chi connectivity index (χ0n) is 9.97. The molecule has 4 heteroatoms. The number of nitrogens with zero attached hydrogens (tertiary/aromatic N) is 2. The smallest absolute Gasteiger partial charge is 0.214 e. The van der Waals surface area contributed by atoms with Crippen molar-refractivity contribution in [1.82, 2.24) is 9.97 Å². The molecule has 0 radical (unpaired) electrons. The highest BCUT2D eigenvalue weighted by atomic mass is 16.5. The van der Waals surface area contributed by atoms with Crippen molar-refractivity contribution >= 4 is 5.69 Å². The van der Waals surface area contributed by atoms with Crippen LogP contribution in [0.2, 0.25) is 0 Å².